The molecule has 6 heteroatoms. The SMILES string of the molecule is CC(=O)NC[C@]1(O)CCN(CC2=Cc3ccccc3OC2)C[C@H]1O. The zero-order valence-corrected chi connectivity index (χ0v) is 13.9. The largest absolute Gasteiger partial charge is 0.489 e. The van der Waals surface area contributed by atoms with Crippen molar-refractivity contribution in [2.75, 3.05) is 32.8 Å². The number of ether oxygens (including phenoxy) is 1. The quantitative estimate of drug-likeness (QED) is 0.743. The minimum atomic E-state index is -1.26. The van der Waals surface area contributed by atoms with Crippen molar-refractivity contribution in [1.29, 1.82) is 0 Å². The lowest BCUT2D eigenvalue weighted by atomic mass is 9.88. The highest BCUT2D eigenvalue weighted by molar-refractivity contribution is 5.72. The van der Waals surface area contributed by atoms with E-state index in [2.05, 4.69) is 16.3 Å². The number of hydrogen-bond donors (Lipinski definition) is 3. The number of aliphatic hydroxyl groups excluding tert-OH is 1. The van der Waals surface area contributed by atoms with Gasteiger partial charge in [0, 0.05) is 38.7 Å². The standard InChI is InChI=1S/C18H24N2O4/c1-13(21)19-12-18(23)6-7-20(10-17(18)22)9-14-8-15-4-2-3-5-16(15)24-11-14/h2-5,8,17,22-23H,6-7,9-12H2,1H3,(H,19,21)/t17-,18-/m1/s1. The molecule has 0 bridgehead atoms. The molecule has 1 fully saturated rings. The molecular formula is C18H24N2O4. The molecule has 1 aromatic rings. The molecule has 2 heterocycles. The fraction of sp³-hybridized carbons (Fsp3) is 0.500. The van der Waals surface area contributed by atoms with Gasteiger partial charge in [-0.1, -0.05) is 18.2 Å². The summed E-state index contributed by atoms with van der Waals surface area (Å²) in [5.41, 5.74) is 0.957. The zero-order chi connectivity index (χ0) is 17.2. The highest BCUT2D eigenvalue weighted by atomic mass is 16.5. The normalized spacial score (nSPS) is 27.0. The lowest BCUT2D eigenvalue weighted by Crippen LogP contribution is -2.60. The number of likely N-dealkylation sites (tertiary alicyclic amines) is 1. The topological polar surface area (TPSA) is 82.0 Å². The van der Waals surface area contributed by atoms with Crippen molar-refractivity contribution in [2.24, 2.45) is 0 Å². The molecule has 1 saturated heterocycles. The molecule has 0 unspecified atom stereocenters. The fourth-order valence-corrected chi connectivity index (χ4v) is 3.19. The maximum atomic E-state index is 11.0. The second kappa shape index (κ2) is 6.93. The zero-order valence-electron chi connectivity index (χ0n) is 13.9. The summed E-state index contributed by atoms with van der Waals surface area (Å²) in [6.45, 7) is 3.75. The van der Waals surface area contributed by atoms with E-state index in [0.29, 0.717) is 32.7 Å². The van der Waals surface area contributed by atoms with Crippen molar-refractivity contribution in [1.82, 2.24) is 10.2 Å². The van der Waals surface area contributed by atoms with Gasteiger partial charge in [-0.05, 0) is 24.1 Å². The number of carbonyl (C=O) groups excluding carboxylic acids is 1. The first-order valence-electron chi connectivity index (χ1n) is 8.25. The van der Waals surface area contributed by atoms with Gasteiger partial charge in [0.1, 0.15) is 18.0 Å². The molecule has 0 spiro atoms. The first-order chi connectivity index (χ1) is 11.5. The van der Waals surface area contributed by atoms with Gasteiger partial charge < -0.3 is 20.3 Å². The number of piperidine rings is 1. The predicted octanol–water partition coefficient (Wildman–Crippen LogP) is 0.396. The summed E-state index contributed by atoms with van der Waals surface area (Å²) >= 11 is 0. The van der Waals surface area contributed by atoms with Crippen LogP contribution in [0.1, 0.15) is 18.9 Å². The molecule has 6 nitrogen and oxygen atoms in total. The summed E-state index contributed by atoms with van der Waals surface area (Å²) in [5, 5.41) is 23.4. The van der Waals surface area contributed by atoms with Gasteiger partial charge in [0.05, 0.1) is 6.10 Å². The Bertz CT molecular complexity index is 646. The Labute approximate surface area is 141 Å². The highest BCUT2D eigenvalue weighted by Crippen LogP contribution is 2.27. The number of hydrogen-bond acceptors (Lipinski definition) is 5. The van der Waals surface area contributed by atoms with E-state index in [1.54, 1.807) is 0 Å². The summed E-state index contributed by atoms with van der Waals surface area (Å²) < 4.78 is 5.76. The molecule has 2 aliphatic heterocycles. The van der Waals surface area contributed by atoms with E-state index in [1.165, 1.54) is 6.92 Å². The highest BCUT2D eigenvalue weighted by Gasteiger charge is 2.40. The van der Waals surface area contributed by atoms with Crippen LogP contribution < -0.4 is 10.1 Å². The van der Waals surface area contributed by atoms with Crippen molar-refractivity contribution < 1.29 is 19.7 Å². The second-order valence-corrected chi connectivity index (χ2v) is 6.64. The molecule has 130 valence electrons. The van der Waals surface area contributed by atoms with Gasteiger partial charge in [-0.15, -0.1) is 0 Å². The van der Waals surface area contributed by atoms with Crippen LogP contribution in [-0.4, -0.2) is 65.5 Å². The molecule has 1 amide bonds. The van der Waals surface area contributed by atoms with Crippen LogP contribution in [0.3, 0.4) is 0 Å². The van der Waals surface area contributed by atoms with Crippen molar-refractivity contribution >= 4 is 12.0 Å². The van der Waals surface area contributed by atoms with E-state index in [9.17, 15) is 15.0 Å². The van der Waals surface area contributed by atoms with E-state index in [4.69, 9.17) is 4.74 Å². The van der Waals surface area contributed by atoms with Gasteiger partial charge in [0.2, 0.25) is 5.91 Å². The predicted molar refractivity (Wildman–Crippen MR) is 90.6 cm³/mol. The Balaban J connectivity index is 1.59. The van der Waals surface area contributed by atoms with Gasteiger partial charge in [-0.3, -0.25) is 9.69 Å². The smallest absolute Gasteiger partial charge is 0.216 e. The molecule has 3 N–H and O–H groups in total. The third-order valence-corrected chi connectivity index (χ3v) is 4.67. The lowest BCUT2D eigenvalue weighted by Gasteiger charge is -2.42. The first kappa shape index (κ1) is 17.0. The van der Waals surface area contributed by atoms with E-state index in [1.807, 2.05) is 24.3 Å². The fourth-order valence-electron chi connectivity index (χ4n) is 3.19. The van der Waals surface area contributed by atoms with Gasteiger partial charge in [0.25, 0.3) is 0 Å². The third-order valence-electron chi connectivity index (χ3n) is 4.67. The number of nitrogens with one attached hydrogen (secondary N) is 1. The Hall–Kier alpha value is -1.89. The number of aliphatic hydroxyl groups is 2. The Morgan fingerprint density at radius 1 is 1.46 bits per heavy atom. The van der Waals surface area contributed by atoms with Gasteiger partial charge in [0.15, 0.2) is 0 Å². The molecule has 0 radical (unpaired) electrons. The maximum Gasteiger partial charge on any atom is 0.216 e. The van der Waals surface area contributed by atoms with Crippen LogP contribution in [-0.2, 0) is 4.79 Å². The van der Waals surface area contributed by atoms with E-state index >= 15 is 0 Å². The molecule has 0 aliphatic carbocycles. The van der Waals surface area contributed by atoms with Crippen LogP contribution in [0.4, 0.5) is 0 Å². The average molecular weight is 332 g/mol. The molecular weight excluding hydrogens is 308 g/mol. The van der Waals surface area contributed by atoms with Gasteiger partial charge in [-0.2, -0.15) is 0 Å². The summed E-state index contributed by atoms with van der Waals surface area (Å²) in [6, 6.07) is 7.91. The van der Waals surface area contributed by atoms with Gasteiger partial charge >= 0.3 is 0 Å². The van der Waals surface area contributed by atoms with Crippen LogP contribution in [0.2, 0.25) is 0 Å². The molecule has 0 saturated carbocycles. The summed E-state index contributed by atoms with van der Waals surface area (Å²) in [5.74, 6) is 0.686. The summed E-state index contributed by atoms with van der Waals surface area (Å²) in [6.07, 6.45) is 1.65. The molecule has 2 aliphatic rings. The van der Waals surface area contributed by atoms with Crippen LogP contribution in [0.25, 0.3) is 6.08 Å². The van der Waals surface area contributed by atoms with Crippen molar-refractivity contribution in [3.63, 3.8) is 0 Å². The number of rotatable bonds is 4. The second-order valence-electron chi connectivity index (χ2n) is 6.64. The van der Waals surface area contributed by atoms with E-state index in [0.717, 1.165) is 16.9 Å². The molecule has 3 rings (SSSR count). The monoisotopic (exact) mass is 332 g/mol. The number of para-hydroxylation sites is 1. The molecule has 24 heavy (non-hydrogen) atoms. The minimum Gasteiger partial charge on any atom is -0.489 e. The van der Waals surface area contributed by atoms with Crippen molar-refractivity contribution in [2.45, 2.75) is 25.0 Å². The minimum absolute atomic E-state index is 0.0799. The van der Waals surface area contributed by atoms with E-state index < -0.39 is 11.7 Å². The number of fused-ring (bicyclic) bond motifs is 1. The average Bonchev–Trinajstić information content (AvgIpc) is 2.57. The molecule has 2 atom stereocenters. The molecule has 1 aromatic carbocycles. The number of nitrogens with zero attached hydrogens (tertiary/aromatic N) is 1. The van der Waals surface area contributed by atoms with Crippen molar-refractivity contribution in [3.05, 3.63) is 35.4 Å². The third kappa shape index (κ3) is 3.77. The number of amides is 1. The maximum absolute atomic E-state index is 11.0. The van der Waals surface area contributed by atoms with Crippen LogP contribution in [0, 0.1) is 0 Å². The summed E-state index contributed by atoms with van der Waals surface area (Å²) in [7, 11) is 0. The van der Waals surface area contributed by atoms with Crippen LogP contribution in [0.5, 0.6) is 5.75 Å². The molecule has 0 aromatic heterocycles. The van der Waals surface area contributed by atoms with E-state index in [-0.39, 0.29) is 12.5 Å². The van der Waals surface area contributed by atoms with Crippen molar-refractivity contribution in [3.8, 4) is 5.75 Å². The van der Waals surface area contributed by atoms with Gasteiger partial charge in [-0.25, -0.2) is 0 Å². The summed E-state index contributed by atoms with van der Waals surface area (Å²) in [4.78, 5) is 13.1. The lowest BCUT2D eigenvalue weighted by molar-refractivity contribution is -0.129. The first-order valence-corrected chi connectivity index (χ1v) is 8.25. The number of benzene rings is 1. The number of β-amino-alcohol motifs (C(OH)–C–C–N with tert-alkyl or cyclic N) is 1. The van der Waals surface area contributed by atoms with Crippen LogP contribution >= 0.6 is 0 Å². The Kier molecular flexibility index (Phi) is 4.89. The number of carbonyl (C=O) groups is 1. The van der Waals surface area contributed by atoms with Crippen LogP contribution in [0.15, 0.2) is 29.8 Å². The Morgan fingerprint density at radius 2 is 2.25 bits per heavy atom. The Morgan fingerprint density at radius 3 is 3.00 bits per heavy atom.